The maximum Gasteiger partial charge on any atom is 0.258 e. The van der Waals surface area contributed by atoms with Gasteiger partial charge in [-0.2, -0.15) is 0 Å². The van der Waals surface area contributed by atoms with Gasteiger partial charge in [0.05, 0.1) is 10.6 Å². The van der Waals surface area contributed by atoms with E-state index in [4.69, 9.17) is 39.8 Å². The standard InChI is InChI=1S/C25H21Cl2N3O2S/c1-3-14(2)15-7-10-22-21(12-15)29-24(32-22)16-5-4-6-18(11-16)28-25(33)30-23(31)19-9-8-17(26)13-20(19)27/h4-14H,3H2,1-2H3,(H2,28,30,31,33)/t14-/m0/s1. The molecule has 2 N–H and O–H groups in total. The van der Waals surface area contributed by atoms with Crippen LogP contribution in [0, 0.1) is 0 Å². The Balaban J connectivity index is 1.49. The van der Waals surface area contributed by atoms with Crippen molar-refractivity contribution in [1.82, 2.24) is 10.3 Å². The minimum absolute atomic E-state index is 0.138. The highest BCUT2D eigenvalue weighted by molar-refractivity contribution is 7.80. The van der Waals surface area contributed by atoms with E-state index < -0.39 is 5.91 Å². The van der Waals surface area contributed by atoms with Crippen LogP contribution in [0.3, 0.4) is 0 Å². The zero-order valence-electron chi connectivity index (χ0n) is 18.0. The maximum absolute atomic E-state index is 12.5. The van der Waals surface area contributed by atoms with Crippen molar-refractivity contribution in [3.8, 4) is 11.5 Å². The van der Waals surface area contributed by atoms with E-state index in [1.807, 2.05) is 30.3 Å². The normalized spacial score (nSPS) is 11.9. The first-order valence-corrected chi connectivity index (χ1v) is 11.6. The number of amides is 1. The van der Waals surface area contributed by atoms with Gasteiger partial charge in [-0.3, -0.25) is 10.1 Å². The summed E-state index contributed by atoms with van der Waals surface area (Å²) in [7, 11) is 0. The van der Waals surface area contributed by atoms with Gasteiger partial charge >= 0.3 is 0 Å². The summed E-state index contributed by atoms with van der Waals surface area (Å²) in [4.78, 5) is 17.1. The van der Waals surface area contributed by atoms with Crippen LogP contribution in [0.15, 0.2) is 65.1 Å². The van der Waals surface area contributed by atoms with Crippen molar-refractivity contribution in [2.24, 2.45) is 0 Å². The Labute approximate surface area is 207 Å². The average Bonchev–Trinajstić information content (AvgIpc) is 3.22. The number of carbonyl (C=O) groups is 1. The van der Waals surface area contributed by atoms with Crippen LogP contribution in [0.25, 0.3) is 22.6 Å². The molecule has 4 rings (SSSR count). The van der Waals surface area contributed by atoms with Crippen molar-refractivity contribution >= 4 is 63.2 Å². The first-order valence-electron chi connectivity index (χ1n) is 10.4. The first kappa shape index (κ1) is 23.2. The van der Waals surface area contributed by atoms with Crippen molar-refractivity contribution < 1.29 is 9.21 Å². The fraction of sp³-hybridized carbons (Fsp3) is 0.160. The Bertz CT molecular complexity index is 1350. The lowest BCUT2D eigenvalue weighted by molar-refractivity contribution is 0.0978. The lowest BCUT2D eigenvalue weighted by Gasteiger charge is -2.11. The monoisotopic (exact) mass is 497 g/mol. The Hall–Kier alpha value is -2.93. The highest BCUT2D eigenvalue weighted by atomic mass is 35.5. The zero-order chi connectivity index (χ0) is 23.5. The van der Waals surface area contributed by atoms with Gasteiger partial charge in [-0.15, -0.1) is 0 Å². The molecular weight excluding hydrogens is 477 g/mol. The van der Waals surface area contributed by atoms with Gasteiger partial charge in [0.15, 0.2) is 10.7 Å². The predicted octanol–water partition coefficient (Wildman–Crippen LogP) is 7.44. The summed E-state index contributed by atoms with van der Waals surface area (Å²) in [6.07, 6.45) is 1.06. The molecule has 0 saturated carbocycles. The highest BCUT2D eigenvalue weighted by Crippen LogP contribution is 2.29. The van der Waals surface area contributed by atoms with Crippen molar-refractivity contribution in [2.45, 2.75) is 26.2 Å². The number of nitrogens with one attached hydrogen (secondary N) is 2. The molecule has 0 bridgehead atoms. The smallest absolute Gasteiger partial charge is 0.258 e. The van der Waals surface area contributed by atoms with E-state index in [2.05, 4.69) is 41.6 Å². The fourth-order valence-electron chi connectivity index (χ4n) is 3.35. The van der Waals surface area contributed by atoms with Gasteiger partial charge in [-0.25, -0.2) is 4.98 Å². The number of fused-ring (bicyclic) bond motifs is 1. The molecule has 0 aliphatic carbocycles. The molecule has 33 heavy (non-hydrogen) atoms. The lowest BCUT2D eigenvalue weighted by Crippen LogP contribution is -2.34. The summed E-state index contributed by atoms with van der Waals surface area (Å²) in [6.45, 7) is 4.36. The number of anilines is 1. The van der Waals surface area contributed by atoms with Crippen LogP contribution in [0.4, 0.5) is 5.69 Å². The number of rotatable bonds is 5. The summed E-state index contributed by atoms with van der Waals surface area (Å²) in [5.74, 6) is 0.542. The molecule has 4 aromatic rings. The lowest BCUT2D eigenvalue weighted by atomic mass is 9.98. The van der Waals surface area contributed by atoms with Crippen LogP contribution in [0.1, 0.15) is 42.1 Å². The van der Waals surface area contributed by atoms with E-state index >= 15 is 0 Å². The minimum atomic E-state index is -0.429. The van der Waals surface area contributed by atoms with Gasteiger partial charge < -0.3 is 9.73 Å². The number of hydrogen-bond acceptors (Lipinski definition) is 4. The third-order valence-electron chi connectivity index (χ3n) is 5.36. The number of nitrogens with zero attached hydrogens (tertiary/aromatic N) is 1. The van der Waals surface area contributed by atoms with Gasteiger partial charge in [-0.1, -0.05) is 49.2 Å². The average molecular weight is 498 g/mol. The van der Waals surface area contributed by atoms with Crippen LogP contribution in [0.5, 0.6) is 0 Å². The highest BCUT2D eigenvalue weighted by Gasteiger charge is 2.14. The molecule has 0 aliphatic rings. The van der Waals surface area contributed by atoms with E-state index in [1.54, 1.807) is 12.1 Å². The third-order valence-corrected chi connectivity index (χ3v) is 6.12. The largest absolute Gasteiger partial charge is 0.436 e. The van der Waals surface area contributed by atoms with E-state index in [1.165, 1.54) is 11.6 Å². The second kappa shape index (κ2) is 9.91. The van der Waals surface area contributed by atoms with E-state index in [0.717, 1.165) is 23.1 Å². The molecule has 168 valence electrons. The fourth-order valence-corrected chi connectivity index (χ4v) is 4.05. The van der Waals surface area contributed by atoms with E-state index in [0.29, 0.717) is 22.5 Å². The topological polar surface area (TPSA) is 67.2 Å². The summed E-state index contributed by atoms with van der Waals surface area (Å²) in [6, 6.07) is 18.2. The molecule has 1 amide bonds. The summed E-state index contributed by atoms with van der Waals surface area (Å²) in [5.41, 5.74) is 4.55. The van der Waals surface area contributed by atoms with Crippen molar-refractivity contribution in [2.75, 3.05) is 5.32 Å². The third kappa shape index (κ3) is 5.36. The van der Waals surface area contributed by atoms with Crippen LogP contribution < -0.4 is 10.6 Å². The van der Waals surface area contributed by atoms with Crippen molar-refractivity contribution in [1.29, 1.82) is 0 Å². The van der Waals surface area contributed by atoms with Crippen LogP contribution >= 0.6 is 35.4 Å². The van der Waals surface area contributed by atoms with Crippen molar-refractivity contribution in [3.63, 3.8) is 0 Å². The van der Waals surface area contributed by atoms with Gasteiger partial charge in [-0.05, 0) is 78.7 Å². The summed E-state index contributed by atoms with van der Waals surface area (Å²) < 4.78 is 5.96. The number of carbonyl (C=O) groups excluding carboxylic acids is 1. The molecule has 0 saturated heterocycles. The Morgan fingerprint density at radius 2 is 1.94 bits per heavy atom. The first-order chi connectivity index (χ1) is 15.8. The molecule has 8 heteroatoms. The number of hydrogen-bond donors (Lipinski definition) is 2. The SMILES string of the molecule is CC[C@H](C)c1ccc2oc(-c3cccc(NC(=S)NC(=O)c4ccc(Cl)cc4Cl)c3)nc2c1. The predicted molar refractivity (Wildman–Crippen MR) is 138 cm³/mol. The molecule has 0 spiro atoms. The zero-order valence-corrected chi connectivity index (χ0v) is 20.3. The van der Waals surface area contributed by atoms with Crippen LogP contribution in [-0.2, 0) is 0 Å². The molecule has 0 unspecified atom stereocenters. The minimum Gasteiger partial charge on any atom is -0.436 e. The molecule has 1 atom stereocenters. The van der Waals surface area contributed by atoms with E-state index in [-0.39, 0.29) is 15.7 Å². The molecule has 1 aromatic heterocycles. The molecule has 0 fully saturated rings. The maximum atomic E-state index is 12.5. The number of halogens is 2. The molecule has 3 aromatic carbocycles. The molecular formula is C25H21Cl2N3O2S. The Morgan fingerprint density at radius 3 is 2.70 bits per heavy atom. The summed E-state index contributed by atoms with van der Waals surface area (Å²) in [5, 5.41) is 6.47. The van der Waals surface area contributed by atoms with Crippen LogP contribution in [-0.4, -0.2) is 16.0 Å². The second-order valence-electron chi connectivity index (χ2n) is 7.67. The Morgan fingerprint density at radius 1 is 1.12 bits per heavy atom. The molecule has 0 radical (unpaired) electrons. The van der Waals surface area contributed by atoms with Gasteiger partial charge in [0.2, 0.25) is 5.89 Å². The molecule has 1 heterocycles. The van der Waals surface area contributed by atoms with E-state index in [9.17, 15) is 4.79 Å². The molecule has 0 aliphatic heterocycles. The number of thiocarbonyl (C=S) groups is 1. The Kier molecular flexibility index (Phi) is 6.98. The molecule has 5 nitrogen and oxygen atoms in total. The van der Waals surface area contributed by atoms with Crippen molar-refractivity contribution in [3.05, 3.63) is 81.8 Å². The number of oxazole rings is 1. The number of aromatic nitrogens is 1. The number of benzene rings is 3. The second-order valence-corrected chi connectivity index (χ2v) is 8.92. The quantitative estimate of drug-likeness (QED) is 0.280. The van der Waals surface area contributed by atoms with Gasteiger partial charge in [0.1, 0.15) is 5.52 Å². The van der Waals surface area contributed by atoms with Crippen LogP contribution in [0.2, 0.25) is 10.0 Å². The summed E-state index contributed by atoms with van der Waals surface area (Å²) >= 11 is 17.3. The van der Waals surface area contributed by atoms with Gasteiger partial charge in [0, 0.05) is 16.3 Å². The van der Waals surface area contributed by atoms with Gasteiger partial charge in [0.25, 0.3) is 5.91 Å².